The van der Waals surface area contributed by atoms with Crippen LogP contribution in [0.1, 0.15) is 17.3 Å². The Morgan fingerprint density at radius 1 is 1.23 bits per heavy atom. The van der Waals surface area contributed by atoms with E-state index in [0.29, 0.717) is 25.3 Å². The van der Waals surface area contributed by atoms with E-state index >= 15 is 0 Å². The van der Waals surface area contributed by atoms with Gasteiger partial charge in [0.05, 0.1) is 13.2 Å². The zero-order chi connectivity index (χ0) is 15.1. The predicted octanol–water partition coefficient (Wildman–Crippen LogP) is 0.669. The van der Waals surface area contributed by atoms with E-state index in [1.165, 1.54) is 0 Å². The Bertz CT molecular complexity index is 487. The number of hydrogen-bond donors (Lipinski definition) is 2. The van der Waals surface area contributed by atoms with Crippen LogP contribution in [0.3, 0.4) is 0 Å². The topological polar surface area (TPSA) is 70.7 Å². The summed E-state index contributed by atoms with van der Waals surface area (Å²) in [4.78, 5) is 25.7. The zero-order valence-corrected chi connectivity index (χ0v) is 13.4. The third-order valence-corrected chi connectivity index (χ3v) is 3.30. The molecule has 1 aromatic rings. The lowest BCUT2D eigenvalue weighted by atomic mass is 10.2. The number of halogens is 1. The summed E-state index contributed by atoms with van der Waals surface area (Å²) in [7, 11) is 0. The maximum Gasteiger partial charge on any atom is 0.251 e. The molecule has 1 saturated heterocycles. The van der Waals surface area contributed by atoms with Gasteiger partial charge in [0.25, 0.3) is 5.91 Å². The van der Waals surface area contributed by atoms with Crippen LogP contribution in [0.15, 0.2) is 24.3 Å². The maximum absolute atomic E-state index is 12.0. The summed E-state index contributed by atoms with van der Waals surface area (Å²) in [6.45, 7) is 5.52. The number of rotatable bonds is 5. The molecule has 122 valence electrons. The number of nitrogens with one attached hydrogen (secondary N) is 2. The van der Waals surface area contributed by atoms with Crippen LogP contribution in [-0.2, 0) is 4.79 Å². The molecule has 0 aromatic heterocycles. The molecular formula is C15H22ClN3O3. The molecule has 0 bridgehead atoms. The van der Waals surface area contributed by atoms with Crippen molar-refractivity contribution in [3.8, 4) is 5.75 Å². The summed E-state index contributed by atoms with van der Waals surface area (Å²) < 4.78 is 5.32. The molecule has 1 aliphatic heterocycles. The van der Waals surface area contributed by atoms with Gasteiger partial charge >= 0.3 is 0 Å². The minimum atomic E-state index is -0.249. The Hall–Kier alpha value is -1.79. The summed E-state index contributed by atoms with van der Waals surface area (Å²) in [6.07, 6.45) is 0. The molecule has 0 unspecified atom stereocenters. The van der Waals surface area contributed by atoms with Crippen LogP contribution in [0, 0.1) is 0 Å². The summed E-state index contributed by atoms with van der Waals surface area (Å²) in [5.41, 5.74) is 0.520. The van der Waals surface area contributed by atoms with Crippen LogP contribution in [0.25, 0.3) is 0 Å². The van der Waals surface area contributed by atoms with Gasteiger partial charge in [0.1, 0.15) is 5.75 Å². The minimum absolute atomic E-state index is 0. The van der Waals surface area contributed by atoms with E-state index in [2.05, 4.69) is 10.6 Å². The number of hydrogen-bond acceptors (Lipinski definition) is 4. The second-order valence-corrected chi connectivity index (χ2v) is 4.77. The minimum Gasteiger partial charge on any atom is -0.494 e. The van der Waals surface area contributed by atoms with Crippen LogP contribution in [0.2, 0.25) is 0 Å². The quantitative estimate of drug-likeness (QED) is 0.834. The Morgan fingerprint density at radius 3 is 2.45 bits per heavy atom. The van der Waals surface area contributed by atoms with Gasteiger partial charge in [-0.1, -0.05) is 0 Å². The number of piperazine rings is 1. The fraction of sp³-hybridized carbons (Fsp3) is 0.467. The second kappa shape index (κ2) is 9.27. The van der Waals surface area contributed by atoms with E-state index in [0.717, 1.165) is 18.8 Å². The number of ether oxygens (including phenoxy) is 1. The normalized spacial score (nSPS) is 14.0. The van der Waals surface area contributed by atoms with Gasteiger partial charge in [-0.05, 0) is 31.2 Å². The van der Waals surface area contributed by atoms with Crippen molar-refractivity contribution in [2.45, 2.75) is 6.92 Å². The van der Waals surface area contributed by atoms with Gasteiger partial charge in [-0.15, -0.1) is 12.4 Å². The van der Waals surface area contributed by atoms with Crippen LogP contribution < -0.4 is 15.4 Å². The molecule has 6 nitrogen and oxygen atoms in total. The Labute approximate surface area is 136 Å². The van der Waals surface area contributed by atoms with Crippen molar-refractivity contribution in [2.75, 3.05) is 39.3 Å². The van der Waals surface area contributed by atoms with E-state index in [4.69, 9.17) is 4.74 Å². The molecule has 0 spiro atoms. The number of amides is 2. The van der Waals surface area contributed by atoms with Gasteiger partial charge in [-0.3, -0.25) is 9.59 Å². The summed E-state index contributed by atoms with van der Waals surface area (Å²) in [6, 6.07) is 6.87. The van der Waals surface area contributed by atoms with Crippen molar-refractivity contribution < 1.29 is 14.3 Å². The first-order valence-corrected chi connectivity index (χ1v) is 7.20. The molecule has 22 heavy (non-hydrogen) atoms. The first kappa shape index (κ1) is 18.3. The van der Waals surface area contributed by atoms with Gasteiger partial charge in [-0.2, -0.15) is 0 Å². The fourth-order valence-electron chi connectivity index (χ4n) is 2.15. The molecule has 1 heterocycles. The monoisotopic (exact) mass is 327 g/mol. The standard InChI is InChI=1S/C15H21N3O3.ClH/c1-2-21-13-5-3-12(4-6-13)15(20)17-11-14(19)18-9-7-16-8-10-18;/h3-6,16H,2,7-11H2,1H3,(H,17,20);1H. The second-order valence-electron chi connectivity index (χ2n) is 4.77. The first-order chi connectivity index (χ1) is 10.2. The van der Waals surface area contributed by atoms with Gasteiger partial charge in [0, 0.05) is 31.7 Å². The van der Waals surface area contributed by atoms with Crippen molar-refractivity contribution in [1.82, 2.24) is 15.5 Å². The lowest BCUT2D eigenvalue weighted by molar-refractivity contribution is -0.130. The van der Waals surface area contributed by atoms with Crippen molar-refractivity contribution in [2.24, 2.45) is 0 Å². The zero-order valence-electron chi connectivity index (χ0n) is 12.6. The molecule has 2 amide bonds. The van der Waals surface area contributed by atoms with Gasteiger partial charge < -0.3 is 20.3 Å². The number of benzene rings is 1. The van der Waals surface area contributed by atoms with Gasteiger partial charge in [0.2, 0.25) is 5.91 Å². The van der Waals surface area contributed by atoms with Crippen LogP contribution >= 0.6 is 12.4 Å². The average Bonchev–Trinajstić information content (AvgIpc) is 2.54. The van der Waals surface area contributed by atoms with Crippen LogP contribution in [-0.4, -0.2) is 56.0 Å². The summed E-state index contributed by atoms with van der Waals surface area (Å²) in [5, 5.41) is 5.84. The van der Waals surface area contributed by atoms with Crippen molar-refractivity contribution in [3.63, 3.8) is 0 Å². The number of carbonyl (C=O) groups is 2. The van der Waals surface area contributed by atoms with E-state index in [-0.39, 0.29) is 30.8 Å². The number of carbonyl (C=O) groups excluding carboxylic acids is 2. The molecule has 0 radical (unpaired) electrons. The Morgan fingerprint density at radius 2 is 1.86 bits per heavy atom. The molecule has 7 heteroatoms. The molecule has 2 N–H and O–H groups in total. The number of nitrogens with zero attached hydrogens (tertiary/aromatic N) is 1. The maximum atomic E-state index is 12.0. The first-order valence-electron chi connectivity index (χ1n) is 7.20. The van der Waals surface area contributed by atoms with Gasteiger partial charge in [0.15, 0.2) is 0 Å². The van der Waals surface area contributed by atoms with Crippen molar-refractivity contribution in [3.05, 3.63) is 29.8 Å². The lowest BCUT2D eigenvalue weighted by Crippen LogP contribution is -2.49. The third-order valence-electron chi connectivity index (χ3n) is 3.30. The smallest absolute Gasteiger partial charge is 0.251 e. The highest BCUT2D eigenvalue weighted by atomic mass is 35.5. The summed E-state index contributed by atoms with van der Waals surface area (Å²) >= 11 is 0. The highest BCUT2D eigenvalue weighted by molar-refractivity contribution is 5.96. The van der Waals surface area contributed by atoms with E-state index in [1.807, 2.05) is 6.92 Å². The predicted molar refractivity (Wildman–Crippen MR) is 86.6 cm³/mol. The molecular weight excluding hydrogens is 306 g/mol. The fourth-order valence-corrected chi connectivity index (χ4v) is 2.15. The Kier molecular flexibility index (Phi) is 7.70. The molecule has 1 aromatic carbocycles. The average molecular weight is 328 g/mol. The SMILES string of the molecule is CCOc1ccc(C(=O)NCC(=O)N2CCNCC2)cc1.Cl. The van der Waals surface area contributed by atoms with Crippen LogP contribution in [0.5, 0.6) is 5.75 Å². The molecule has 0 atom stereocenters. The highest BCUT2D eigenvalue weighted by Crippen LogP contribution is 2.11. The van der Waals surface area contributed by atoms with Crippen molar-refractivity contribution >= 4 is 24.2 Å². The lowest BCUT2D eigenvalue weighted by Gasteiger charge is -2.27. The Balaban J connectivity index is 0.00000242. The highest BCUT2D eigenvalue weighted by Gasteiger charge is 2.16. The largest absolute Gasteiger partial charge is 0.494 e. The molecule has 0 aliphatic carbocycles. The molecule has 1 aliphatic rings. The molecule has 0 saturated carbocycles. The van der Waals surface area contributed by atoms with E-state index in [9.17, 15) is 9.59 Å². The molecule has 2 rings (SSSR count). The third kappa shape index (κ3) is 5.20. The van der Waals surface area contributed by atoms with Crippen molar-refractivity contribution in [1.29, 1.82) is 0 Å². The summed E-state index contributed by atoms with van der Waals surface area (Å²) in [5.74, 6) is 0.434. The van der Waals surface area contributed by atoms with Gasteiger partial charge in [-0.25, -0.2) is 0 Å². The van der Waals surface area contributed by atoms with E-state index in [1.54, 1.807) is 29.2 Å². The van der Waals surface area contributed by atoms with E-state index < -0.39 is 0 Å². The van der Waals surface area contributed by atoms with Crippen LogP contribution in [0.4, 0.5) is 0 Å². The molecule has 1 fully saturated rings.